The lowest BCUT2D eigenvalue weighted by Gasteiger charge is -2.41. The first-order chi connectivity index (χ1) is 9.02. The number of ether oxygens (including phenoxy) is 1. The van der Waals surface area contributed by atoms with Gasteiger partial charge in [-0.05, 0) is 39.4 Å². The Labute approximate surface area is 115 Å². The highest BCUT2D eigenvalue weighted by atomic mass is 16.5. The number of nitrogens with zero attached hydrogens (tertiary/aromatic N) is 1. The highest BCUT2D eigenvalue weighted by molar-refractivity contribution is 5.88. The van der Waals surface area contributed by atoms with E-state index in [-0.39, 0.29) is 11.6 Å². The number of rotatable bonds is 4. The summed E-state index contributed by atoms with van der Waals surface area (Å²) in [5, 5.41) is 0. The molecule has 2 unspecified atom stereocenters. The molecule has 0 radical (unpaired) electrons. The molecule has 0 N–H and O–H groups in total. The third-order valence-electron chi connectivity index (χ3n) is 4.23. The predicted octanol–water partition coefficient (Wildman–Crippen LogP) is 2.65. The summed E-state index contributed by atoms with van der Waals surface area (Å²) in [5.41, 5.74) is 0.811. The van der Waals surface area contributed by atoms with Gasteiger partial charge in [-0.15, -0.1) is 0 Å². The summed E-state index contributed by atoms with van der Waals surface area (Å²) in [7, 11) is 3.94. The maximum absolute atomic E-state index is 12.1. The predicted molar refractivity (Wildman–Crippen MR) is 76.0 cm³/mol. The second-order valence-electron chi connectivity index (χ2n) is 5.75. The van der Waals surface area contributed by atoms with Gasteiger partial charge in [-0.2, -0.15) is 0 Å². The third-order valence-corrected chi connectivity index (χ3v) is 4.23. The Hall–Kier alpha value is -1.19. The molecule has 1 aliphatic carbocycles. The van der Waals surface area contributed by atoms with Crippen molar-refractivity contribution in [3.63, 3.8) is 0 Å². The molecule has 1 aromatic rings. The van der Waals surface area contributed by atoms with Crippen molar-refractivity contribution in [1.29, 1.82) is 0 Å². The molecule has 0 heterocycles. The van der Waals surface area contributed by atoms with Crippen molar-refractivity contribution in [3.05, 3.63) is 35.9 Å². The Balaban J connectivity index is 1.94. The van der Waals surface area contributed by atoms with E-state index in [1.807, 2.05) is 44.1 Å². The maximum atomic E-state index is 12.1. The number of likely N-dealkylation sites (N-methyl/N-ethyl adjacent to an activating group) is 1. The van der Waals surface area contributed by atoms with E-state index in [2.05, 4.69) is 12.1 Å². The van der Waals surface area contributed by atoms with Crippen LogP contribution in [0.5, 0.6) is 0 Å². The van der Waals surface area contributed by atoms with Crippen LogP contribution in [0.1, 0.15) is 31.7 Å². The number of carbonyl (C=O) groups excluding carboxylic acids is 1. The van der Waals surface area contributed by atoms with Gasteiger partial charge < -0.3 is 4.74 Å². The molecule has 2 atom stereocenters. The number of benzene rings is 1. The first-order valence-electron chi connectivity index (χ1n) is 6.88. The monoisotopic (exact) mass is 261 g/mol. The van der Waals surface area contributed by atoms with Gasteiger partial charge in [0.05, 0.1) is 18.2 Å². The Bertz CT molecular complexity index is 430. The molecule has 0 aromatic heterocycles. The van der Waals surface area contributed by atoms with Crippen molar-refractivity contribution in [2.24, 2.45) is 0 Å². The number of carbonyl (C=O) groups is 1. The van der Waals surface area contributed by atoms with Crippen LogP contribution in [0.15, 0.2) is 30.3 Å². The Morgan fingerprint density at radius 1 is 1.32 bits per heavy atom. The van der Waals surface area contributed by atoms with Crippen molar-refractivity contribution in [3.8, 4) is 0 Å². The van der Waals surface area contributed by atoms with E-state index in [0.717, 1.165) is 12.8 Å². The second kappa shape index (κ2) is 5.85. The van der Waals surface area contributed by atoms with Crippen molar-refractivity contribution in [1.82, 2.24) is 4.90 Å². The molecule has 1 fully saturated rings. The van der Waals surface area contributed by atoms with Gasteiger partial charge in [-0.3, -0.25) is 9.69 Å². The van der Waals surface area contributed by atoms with E-state index in [1.165, 1.54) is 5.56 Å². The van der Waals surface area contributed by atoms with Crippen molar-refractivity contribution in [2.45, 2.75) is 44.4 Å². The van der Waals surface area contributed by atoms with E-state index in [4.69, 9.17) is 4.74 Å². The quantitative estimate of drug-likeness (QED) is 0.834. The van der Waals surface area contributed by atoms with Gasteiger partial charge in [-0.1, -0.05) is 30.3 Å². The highest BCUT2D eigenvalue weighted by Crippen LogP contribution is 2.31. The van der Waals surface area contributed by atoms with Gasteiger partial charge in [0.1, 0.15) is 0 Å². The summed E-state index contributed by atoms with van der Waals surface area (Å²) in [4.78, 5) is 14.1. The van der Waals surface area contributed by atoms with Crippen LogP contribution < -0.4 is 0 Å². The van der Waals surface area contributed by atoms with E-state index < -0.39 is 0 Å². The number of ketones is 1. The lowest BCUT2D eigenvalue weighted by molar-refractivity contribution is -0.137. The molecule has 0 aliphatic heterocycles. The number of hydrogen-bond donors (Lipinski definition) is 0. The van der Waals surface area contributed by atoms with Crippen LogP contribution in [-0.2, 0) is 16.1 Å². The van der Waals surface area contributed by atoms with Crippen molar-refractivity contribution in [2.75, 3.05) is 14.1 Å². The lowest BCUT2D eigenvalue weighted by atomic mass is 9.79. The SMILES string of the molecule is CN(C)C1(C)CC(OCc2ccccc2)CCC1=O. The molecule has 1 saturated carbocycles. The Morgan fingerprint density at radius 2 is 2.00 bits per heavy atom. The van der Waals surface area contributed by atoms with Crippen LogP contribution in [0.4, 0.5) is 0 Å². The maximum Gasteiger partial charge on any atom is 0.152 e. The van der Waals surface area contributed by atoms with E-state index in [0.29, 0.717) is 18.8 Å². The number of Topliss-reactive ketones (excluding diaryl/α,β-unsaturated/α-hetero) is 1. The molecule has 2 rings (SSSR count). The van der Waals surface area contributed by atoms with E-state index >= 15 is 0 Å². The lowest BCUT2D eigenvalue weighted by Crippen LogP contribution is -2.53. The average Bonchev–Trinajstić information content (AvgIpc) is 2.41. The molecule has 0 saturated heterocycles. The zero-order valence-corrected chi connectivity index (χ0v) is 12.1. The van der Waals surface area contributed by atoms with Crippen LogP contribution in [0.2, 0.25) is 0 Å². The summed E-state index contributed by atoms with van der Waals surface area (Å²) in [6.07, 6.45) is 2.42. The zero-order valence-electron chi connectivity index (χ0n) is 12.1. The minimum absolute atomic E-state index is 0.172. The molecule has 19 heavy (non-hydrogen) atoms. The molecular weight excluding hydrogens is 238 g/mol. The van der Waals surface area contributed by atoms with Crippen molar-refractivity contribution < 1.29 is 9.53 Å². The Morgan fingerprint density at radius 3 is 2.63 bits per heavy atom. The summed E-state index contributed by atoms with van der Waals surface area (Å²) < 4.78 is 5.98. The fourth-order valence-corrected chi connectivity index (χ4v) is 2.58. The number of hydrogen-bond acceptors (Lipinski definition) is 3. The molecule has 0 bridgehead atoms. The van der Waals surface area contributed by atoms with Gasteiger partial charge in [0.15, 0.2) is 5.78 Å². The first-order valence-corrected chi connectivity index (χ1v) is 6.88. The minimum Gasteiger partial charge on any atom is -0.373 e. The molecule has 0 amide bonds. The third kappa shape index (κ3) is 3.23. The van der Waals surface area contributed by atoms with E-state index in [1.54, 1.807) is 0 Å². The summed E-state index contributed by atoms with van der Waals surface area (Å²) in [6.45, 7) is 2.65. The molecule has 3 nitrogen and oxygen atoms in total. The van der Waals surface area contributed by atoms with Crippen LogP contribution in [0.3, 0.4) is 0 Å². The normalized spacial score (nSPS) is 27.8. The summed E-state index contributed by atoms with van der Waals surface area (Å²) >= 11 is 0. The van der Waals surface area contributed by atoms with Crippen molar-refractivity contribution >= 4 is 5.78 Å². The van der Waals surface area contributed by atoms with E-state index in [9.17, 15) is 4.79 Å². The van der Waals surface area contributed by atoms with Gasteiger partial charge >= 0.3 is 0 Å². The molecule has 0 spiro atoms. The topological polar surface area (TPSA) is 29.5 Å². The van der Waals surface area contributed by atoms with Gasteiger partial charge in [0.25, 0.3) is 0 Å². The largest absolute Gasteiger partial charge is 0.373 e. The molecule has 104 valence electrons. The minimum atomic E-state index is -0.375. The molecular formula is C16H23NO2. The fourth-order valence-electron chi connectivity index (χ4n) is 2.58. The average molecular weight is 261 g/mol. The first kappa shape index (κ1) is 14.2. The molecule has 3 heteroatoms. The van der Waals surface area contributed by atoms with Crippen LogP contribution in [0, 0.1) is 0 Å². The van der Waals surface area contributed by atoms with Gasteiger partial charge in [-0.25, -0.2) is 0 Å². The fraction of sp³-hybridized carbons (Fsp3) is 0.562. The van der Waals surface area contributed by atoms with Crippen LogP contribution in [-0.4, -0.2) is 36.4 Å². The molecule has 1 aromatic carbocycles. The standard InChI is InChI=1S/C16H23NO2/c1-16(17(2)3)11-14(9-10-15(16)18)19-12-13-7-5-4-6-8-13/h4-8,14H,9-12H2,1-3H3. The summed E-state index contributed by atoms with van der Waals surface area (Å²) in [6, 6.07) is 10.2. The zero-order chi connectivity index (χ0) is 13.9. The van der Waals surface area contributed by atoms with Gasteiger partial charge in [0, 0.05) is 6.42 Å². The van der Waals surface area contributed by atoms with Gasteiger partial charge in [0.2, 0.25) is 0 Å². The van der Waals surface area contributed by atoms with Crippen LogP contribution in [0.25, 0.3) is 0 Å². The smallest absolute Gasteiger partial charge is 0.152 e. The Kier molecular flexibility index (Phi) is 4.38. The summed E-state index contributed by atoms with van der Waals surface area (Å²) in [5.74, 6) is 0.331. The van der Waals surface area contributed by atoms with Crippen LogP contribution >= 0.6 is 0 Å². The second-order valence-corrected chi connectivity index (χ2v) is 5.75. The molecule has 1 aliphatic rings. The highest BCUT2D eigenvalue weighted by Gasteiger charge is 2.41.